The van der Waals surface area contributed by atoms with E-state index in [4.69, 9.17) is 9.47 Å². The average molecular weight is 304 g/mol. The summed E-state index contributed by atoms with van der Waals surface area (Å²) in [6.07, 6.45) is 1.19. The first-order valence-corrected chi connectivity index (χ1v) is 7.59. The molecule has 0 bridgehead atoms. The highest BCUT2D eigenvalue weighted by atomic mass is 16.6. The Labute approximate surface area is 129 Å². The van der Waals surface area contributed by atoms with Gasteiger partial charge in [0.05, 0.1) is 6.54 Å². The Morgan fingerprint density at radius 1 is 1.23 bits per heavy atom. The molecule has 2 aliphatic heterocycles. The van der Waals surface area contributed by atoms with Crippen LogP contribution in [0.25, 0.3) is 0 Å². The van der Waals surface area contributed by atoms with E-state index in [9.17, 15) is 9.59 Å². The van der Waals surface area contributed by atoms with Crippen molar-refractivity contribution in [3.05, 3.63) is 35.9 Å². The summed E-state index contributed by atoms with van der Waals surface area (Å²) in [6, 6.07) is 9.16. The smallest absolute Gasteiger partial charge is 0.410 e. The van der Waals surface area contributed by atoms with Crippen LogP contribution >= 0.6 is 0 Å². The molecule has 0 saturated carbocycles. The van der Waals surface area contributed by atoms with Crippen LogP contribution in [0.5, 0.6) is 0 Å². The molecule has 3 rings (SSSR count). The molecule has 1 atom stereocenters. The lowest BCUT2D eigenvalue weighted by molar-refractivity contribution is -0.126. The molecular formula is C16H20N2O4. The first-order valence-electron chi connectivity index (χ1n) is 7.59. The van der Waals surface area contributed by atoms with E-state index in [1.165, 1.54) is 4.90 Å². The third-order valence-electron chi connectivity index (χ3n) is 4.04. The number of ether oxygens (including phenoxy) is 2. The number of amides is 2. The third-order valence-corrected chi connectivity index (χ3v) is 4.04. The van der Waals surface area contributed by atoms with Crippen molar-refractivity contribution < 1.29 is 19.1 Å². The molecule has 2 aliphatic rings. The number of cyclic esters (lactones) is 1. The number of carbonyl (C=O) groups excluding carboxylic acids is 2. The van der Waals surface area contributed by atoms with Crippen LogP contribution in [-0.4, -0.2) is 48.8 Å². The van der Waals surface area contributed by atoms with Gasteiger partial charge in [-0.05, 0) is 18.4 Å². The lowest BCUT2D eigenvalue weighted by Crippen LogP contribution is -2.49. The molecule has 2 amide bonds. The molecule has 2 heterocycles. The minimum absolute atomic E-state index is 0.112. The normalized spacial score (nSPS) is 22.5. The fourth-order valence-corrected chi connectivity index (χ4v) is 2.76. The Morgan fingerprint density at radius 3 is 2.68 bits per heavy atom. The van der Waals surface area contributed by atoms with Crippen LogP contribution in [0.4, 0.5) is 4.79 Å². The minimum atomic E-state index is -0.560. The predicted octanol–water partition coefficient (Wildman–Crippen LogP) is 1.30. The molecule has 6 heteroatoms. The number of rotatable bonds is 4. The molecule has 0 spiro atoms. The van der Waals surface area contributed by atoms with Crippen molar-refractivity contribution >= 4 is 12.0 Å². The summed E-state index contributed by atoms with van der Waals surface area (Å²) in [6.45, 7) is 1.82. The molecule has 1 aromatic rings. The third kappa shape index (κ3) is 3.39. The molecule has 2 fully saturated rings. The zero-order chi connectivity index (χ0) is 15.4. The van der Waals surface area contributed by atoms with Crippen molar-refractivity contribution in [3.8, 4) is 0 Å². The SMILES string of the molecule is O=C(NC1CCOCC1)[C@@H]1COC(=O)N1Cc1ccccc1. The molecule has 1 aromatic carbocycles. The van der Waals surface area contributed by atoms with E-state index in [-0.39, 0.29) is 18.6 Å². The zero-order valence-electron chi connectivity index (χ0n) is 12.4. The Kier molecular flexibility index (Phi) is 4.58. The van der Waals surface area contributed by atoms with Crippen LogP contribution in [0.2, 0.25) is 0 Å². The number of benzene rings is 1. The van der Waals surface area contributed by atoms with E-state index < -0.39 is 12.1 Å². The number of carbonyl (C=O) groups is 2. The lowest BCUT2D eigenvalue weighted by atomic mass is 10.1. The number of nitrogens with zero attached hydrogens (tertiary/aromatic N) is 1. The minimum Gasteiger partial charge on any atom is -0.447 e. The zero-order valence-corrected chi connectivity index (χ0v) is 12.4. The Hall–Kier alpha value is -2.08. The highest BCUT2D eigenvalue weighted by Crippen LogP contribution is 2.17. The quantitative estimate of drug-likeness (QED) is 0.910. The highest BCUT2D eigenvalue weighted by molar-refractivity contribution is 5.88. The van der Waals surface area contributed by atoms with Crippen molar-refractivity contribution in [2.45, 2.75) is 31.5 Å². The van der Waals surface area contributed by atoms with E-state index in [0.29, 0.717) is 19.8 Å². The van der Waals surface area contributed by atoms with Crippen LogP contribution in [0.1, 0.15) is 18.4 Å². The topological polar surface area (TPSA) is 67.9 Å². The summed E-state index contributed by atoms with van der Waals surface area (Å²) in [7, 11) is 0. The maximum Gasteiger partial charge on any atom is 0.410 e. The maximum absolute atomic E-state index is 12.4. The van der Waals surface area contributed by atoms with Gasteiger partial charge in [-0.1, -0.05) is 30.3 Å². The van der Waals surface area contributed by atoms with Crippen molar-refractivity contribution in [1.29, 1.82) is 0 Å². The first kappa shape index (κ1) is 14.8. The van der Waals surface area contributed by atoms with E-state index in [1.807, 2.05) is 30.3 Å². The summed E-state index contributed by atoms with van der Waals surface area (Å²) in [5, 5.41) is 3.00. The predicted molar refractivity (Wildman–Crippen MR) is 79.1 cm³/mol. The van der Waals surface area contributed by atoms with Gasteiger partial charge in [-0.25, -0.2) is 4.79 Å². The Balaban J connectivity index is 1.63. The molecule has 0 radical (unpaired) electrons. The van der Waals surface area contributed by atoms with Gasteiger partial charge in [0.15, 0.2) is 0 Å². The molecule has 22 heavy (non-hydrogen) atoms. The monoisotopic (exact) mass is 304 g/mol. The standard InChI is InChI=1S/C16H20N2O4/c19-15(17-13-6-8-21-9-7-13)14-11-22-16(20)18(14)10-12-4-2-1-3-5-12/h1-5,13-14H,6-11H2,(H,17,19)/t14-/m0/s1. The van der Waals surface area contributed by atoms with Crippen LogP contribution in [-0.2, 0) is 20.8 Å². The fourth-order valence-electron chi connectivity index (χ4n) is 2.76. The molecule has 6 nitrogen and oxygen atoms in total. The van der Waals surface area contributed by atoms with Crippen molar-refractivity contribution in [2.75, 3.05) is 19.8 Å². The Morgan fingerprint density at radius 2 is 1.95 bits per heavy atom. The number of hydrogen-bond donors (Lipinski definition) is 1. The van der Waals surface area contributed by atoms with Gasteiger partial charge < -0.3 is 14.8 Å². The van der Waals surface area contributed by atoms with E-state index >= 15 is 0 Å². The molecule has 2 saturated heterocycles. The second kappa shape index (κ2) is 6.79. The second-order valence-corrected chi connectivity index (χ2v) is 5.60. The average Bonchev–Trinajstić information content (AvgIpc) is 2.90. The van der Waals surface area contributed by atoms with Gasteiger partial charge in [0, 0.05) is 19.3 Å². The van der Waals surface area contributed by atoms with E-state index in [0.717, 1.165) is 18.4 Å². The number of nitrogens with one attached hydrogen (secondary N) is 1. The van der Waals surface area contributed by atoms with Gasteiger partial charge >= 0.3 is 6.09 Å². The van der Waals surface area contributed by atoms with Gasteiger partial charge in [-0.3, -0.25) is 9.69 Å². The van der Waals surface area contributed by atoms with Crippen LogP contribution in [0, 0.1) is 0 Å². The molecule has 0 unspecified atom stereocenters. The summed E-state index contributed by atoms with van der Waals surface area (Å²) in [4.78, 5) is 25.8. The summed E-state index contributed by atoms with van der Waals surface area (Å²) < 4.78 is 10.3. The van der Waals surface area contributed by atoms with Crippen molar-refractivity contribution in [1.82, 2.24) is 10.2 Å². The largest absolute Gasteiger partial charge is 0.447 e. The van der Waals surface area contributed by atoms with Crippen LogP contribution in [0.15, 0.2) is 30.3 Å². The van der Waals surface area contributed by atoms with Crippen molar-refractivity contribution in [3.63, 3.8) is 0 Å². The van der Waals surface area contributed by atoms with Gasteiger partial charge in [-0.15, -0.1) is 0 Å². The van der Waals surface area contributed by atoms with Crippen LogP contribution < -0.4 is 5.32 Å². The summed E-state index contributed by atoms with van der Waals surface area (Å²) >= 11 is 0. The first-order chi connectivity index (χ1) is 10.7. The van der Waals surface area contributed by atoms with Gasteiger partial charge in [0.1, 0.15) is 12.6 Å². The molecule has 1 N–H and O–H groups in total. The van der Waals surface area contributed by atoms with E-state index in [1.54, 1.807) is 0 Å². The molecular weight excluding hydrogens is 284 g/mol. The lowest BCUT2D eigenvalue weighted by Gasteiger charge is -2.26. The summed E-state index contributed by atoms with van der Waals surface area (Å²) in [5.41, 5.74) is 0.977. The molecule has 118 valence electrons. The fraction of sp³-hybridized carbons (Fsp3) is 0.500. The van der Waals surface area contributed by atoms with Crippen molar-refractivity contribution in [2.24, 2.45) is 0 Å². The molecule has 0 aliphatic carbocycles. The highest BCUT2D eigenvalue weighted by Gasteiger charge is 2.38. The van der Waals surface area contributed by atoms with E-state index in [2.05, 4.69) is 5.32 Å². The number of hydrogen-bond acceptors (Lipinski definition) is 4. The van der Waals surface area contributed by atoms with Gasteiger partial charge in [0.2, 0.25) is 5.91 Å². The summed E-state index contributed by atoms with van der Waals surface area (Å²) in [5.74, 6) is -0.145. The molecule has 0 aromatic heterocycles. The Bertz CT molecular complexity index is 528. The van der Waals surface area contributed by atoms with Gasteiger partial charge in [0.25, 0.3) is 0 Å². The van der Waals surface area contributed by atoms with Gasteiger partial charge in [-0.2, -0.15) is 0 Å². The second-order valence-electron chi connectivity index (χ2n) is 5.60. The maximum atomic E-state index is 12.4. The van der Waals surface area contributed by atoms with Crippen LogP contribution in [0.3, 0.4) is 0 Å².